The van der Waals surface area contributed by atoms with E-state index in [0.717, 1.165) is 0 Å². The summed E-state index contributed by atoms with van der Waals surface area (Å²) in [5.74, 6) is -4.67. The Morgan fingerprint density at radius 2 is 0.708 bits per heavy atom. The van der Waals surface area contributed by atoms with Crippen LogP contribution in [0.1, 0.15) is 103 Å². The molecule has 1 spiro atoms. The van der Waals surface area contributed by atoms with E-state index in [9.17, 15) is 48.3 Å². The predicted octanol–water partition coefficient (Wildman–Crippen LogP) is 4.45. The summed E-state index contributed by atoms with van der Waals surface area (Å²) < 4.78 is 86.5. The summed E-state index contributed by atoms with van der Waals surface area (Å²) in [6.45, 7) is 9.18. The fraction of sp³-hybridized carbons (Fsp3) is 0.868. The third kappa shape index (κ3) is 57.2. The average Bonchev–Trinajstić information content (AvgIpc) is 1.64. The first-order chi connectivity index (χ1) is 51.7. The van der Waals surface area contributed by atoms with Crippen LogP contribution in [-0.4, -0.2) is 340 Å². The first-order valence-electron chi connectivity index (χ1n) is 36.5. The van der Waals surface area contributed by atoms with E-state index in [2.05, 4.69) is 21.3 Å². The third-order valence-electron chi connectivity index (χ3n) is 15.2. The van der Waals surface area contributed by atoms with E-state index in [1.165, 1.54) is 9.80 Å². The molecule has 2 fully saturated rings. The van der Waals surface area contributed by atoms with E-state index in [4.69, 9.17) is 75.8 Å². The number of hydrogen-bond donors (Lipinski definition) is 5. The second-order valence-corrected chi connectivity index (χ2v) is 33.3. The van der Waals surface area contributed by atoms with E-state index in [-0.39, 0.29) is 142 Å². The lowest BCUT2D eigenvalue weighted by atomic mass is 10.0. The molecule has 38 heteroatoms. The first kappa shape index (κ1) is 99.2. The number of rotatable bonds is 78. The van der Waals surface area contributed by atoms with Gasteiger partial charge in [-0.15, -0.1) is 0 Å². The van der Waals surface area contributed by atoms with Gasteiger partial charge in [0.05, 0.1) is 195 Å². The number of hydrogen-bond acceptors (Lipinski definition) is 31. The van der Waals surface area contributed by atoms with Crippen LogP contribution < -0.4 is 21.3 Å². The molecule has 6 amide bonds. The van der Waals surface area contributed by atoms with E-state index in [1.807, 2.05) is 0 Å². The normalized spacial score (nSPS) is 13.8. The van der Waals surface area contributed by atoms with E-state index < -0.39 is 60.6 Å². The maximum atomic E-state index is 14.9. The molecule has 0 aliphatic carbocycles. The molecule has 0 aromatic carbocycles. The minimum absolute atomic E-state index is 0.000373. The Morgan fingerprint density at radius 3 is 1.11 bits per heavy atom. The molecule has 2 atom stereocenters. The standard InChI is InChI=1S/C68H122N6O26S6/c1-85-30-34-93-46-50-97-42-38-89-26-10-14-56(75)12-8-22-70-62(79)54-73(24-28-91-40-44-99-52-48-95-36-32-87-3)64(81)20-19-59(72-61(78)18-7-17-60(77)69-21-6-5-16-58(66(83)84)67-101-103-68(104-102-67)105-106-68)65(82)74(25-29-92-41-45-100-53-49-96-37-33-88-4)55-63(80)71-23-9-13-57(76)15-11-27-90-39-43-98-51-47-94-35-31-86-2/h58-59,67H,5-55H2,1-4H3,(H,69,77)(H,70,79)(H,71,80)(H,72,78)(H,83,84)/t58-,59-/m0/s1. The molecule has 32 nitrogen and oxygen atoms in total. The van der Waals surface area contributed by atoms with Crippen molar-refractivity contribution in [2.45, 2.75) is 116 Å². The van der Waals surface area contributed by atoms with Gasteiger partial charge < -0.3 is 112 Å². The average molecular weight is 1630 g/mol. The van der Waals surface area contributed by atoms with Crippen LogP contribution >= 0.6 is 64.8 Å². The smallest absolute Gasteiger partial charge is 0.308 e. The molecule has 5 N–H and O–H groups in total. The molecule has 0 aromatic rings. The van der Waals surface area contributed by atoms with E-state index in [0.29, 0.717) is 203 Å². The Morgan fingerprint density at radius 1 is 0.358 bits per heavy atom. The fourth-order valence-corrected chi connectivity index (χ4v) is 23.2. The highest BCUT2D eigenvalue weighted by Crippen LogP contribution is 2.84. The second-order valence-electron chi connectivity index (χ2n) is 23.8. The molecule has 2 rings (SSSR count). The number of carboxylic acids is 1. The molecule has 0 radical (unpaired) electrons. The Labute approximate surface area is 650 Å². The van der Waals surface area contributed by atoms with Crippen molar-refractivity contribution in [2.24, 2.45) is 5.92 Å². The Balaban J connectivity index is 2.20. The number of carbonyl (C=O) groups is 9. The number of amides is 6. The van der Waals surface area contributed by atoms with Gasteiger partial charge in [-0.25, -0.2) is 0 Å². The minimum atomic E-state index is -1.40. The maximum Gasteiger partial charge on any atom is 0.308 e. The number of nitrogens with one attached hydrogen (secondary N) is 4. The Hall–Kier alpha value is -2.91. The lowest BCUT2D eigenvalue weighted by Gasteiger charge is -2.28. The number of Topliss-reactive ketones (excluding diaryl/α,β-unsaturated/α-hetero) is 2. The maximum absolute atomic E-state index is 14.9. The van der Waals surface area contributed by atoms with Crippen molar-refractivity contribution in [1.82, 2.24) is 31.1 Å². The lowest BCUT2D eigenvalue weighted by Crippen LogP contribution is -2.52. The molecule has 2 aliphatic rings. The Kier molecular flexibility index (Phi) is 65.5. The van der Waals surface area contributed by atoms with Crippen molar-refractivity contribution in [1.29, 1.82) is 0 Å². The predicted molar refractivity (Wildman–Crippen MR) is 409 cm³/mol. The highest BCUT2D eigenvalue weighted by molar-refractivity contribution is 9.14. The summed E-state index contributed by atoms with van der Waals surface area (Å²) in [6.07, 6.45) is 3.51. The number of unbranched alkanes of at least 4 members (excludes halogenated alkanes) is 1. The quantitative estimate of drug-likeness (QED) is 0.0319. The highest BCUT2D eigenvalue weighted by Gasteiger charge is 2.53. The molecular formula is C68H122N6O26S6. The zero-order valence-corrected chi connectivity index (χ0v) is 67.7. The van der Waals surface area contributed by atoms with Crippen LogP contribution in [0.3, 0.4) is 0 Å². The van der Waals surface area contributed by atoms with Gasteiger partial charge in [-0.05, 0) is 73.0 Å². The summed E-state index contributed by atoms with van der Waals surface area (Å²) in [6, 6.07) is -1.40. The topological polar surface area (TPSA) is 376 Å². The third-order valence-corrected chi connectivity index (χ3v) is 29.0. The number of ether oxygens (including phenoxy) is 16. The summed E-state index contributed by atoms with van der Waals surface area (Å²) >= 11 is 0. The number of methoxy groups -OCH3 is 4. The van der Waals surface area contributed by atoms with E-state index >= 15 is 0 Å². The largest absolute Gasteiger partial charge is 0.481 e. The summed E-state index contributed by atoms with van der Waals surface area (Å²) in [5, 5.41) is 21.2. The number of carboxylic acid groups (broad SMARTS) is 1. The fourth-order valence-electron chi connectivity index (χ4n) is 9.35. The Bertz CT molecular complexity index is 2300. The van der Waals surface area contributed by atoms with Gasteiger partial charge in [0.2, 0.25) is 35.4 Å². The lowest BCUT2D eigenvalue weighted by molar-refractivity contribution is -0.141. The van der Waals surface area contributed by atoms with Crippen LogP contribution in [0, 0.1) is 5.92 Å². The SMILES string of the molecule is COCCOCCOCCOCCCC(=O)CCCNC(=O)CN(CCOCCOCCOCCOC)C(=O)CC[C@H](NC(=O)CCCC(=O)NCCCC[C@@H](C(=O)O)C1SSC2(SS1)SS2)C(=O)N(CCOCCOCCOCCOC)CC(=O)NCCCC(=O)CCCOCCOCCOCCOC. The first-order valence-corrected chi connectivity index (χ1v) is 43.1. The monoisotopic (exact) mass is 1630 g/mol. The van der Waals surface area contributed by atoms with Gasteiger partial charge in [0.25, 0.3) is 0 Å². The minimum Gasteiger partial charge on any atom is -0.481 e. The number of carbonyl (C=O) groups excluding carboxylic acids is 8. The van der Waals surface area contributed by atoms with Crippen molar-refractivity contribution in [3.05, 3.63) is 0 Å². The van der Waals surface area contributed by atoms with E-state index in [1.54, 1.807) is 93.2 Å². The van der Waals surface area contributed by atoms with Crippen molar-refractivity contribution in [3.8, 4) is 0 Å². The zero-order valence-electron chi connectivity index (χ0n) is 62.8. The van der Waals surface area contributed by atoms with Crippen molar-refractivity contribution >= 4 is 118 Å². The van der Waals surface area contributed by atoms with Gasteiger partial charge in [0, 0.05) is 119 Å². The molecule has 2 aliphatic heterocycles. The highest BCUT2D eigenvalue weighted by atomic mass is 33.2. The van der Waals surface area contributed by atoms with Crippen LogP contribution in [0.15, 0.2) is 0 Å². The molecule has 0 saturated carbocycles. The molecule has 0 aromatic heterocycles. The van der Waals surface area contributed by atoms with Crippen LogP contribution in [0.25, 0.3) is 0 Å². The zero-order chi connectivity index (χ0) is 77.0. The van der Waals surface area contributed by atoms with Crippen LogP contribution in [-0.2, 0) is 119 Å². The summed E-state index contributed by atoms with van der Waals surface area (Å²) in [4.78, 5) is 124. The summed E-state index contributed by atoms with van der Waals surface area (Å²) in [7, 11) is 16.5. The van der Waals surface area contributed by atoms with Gasteiger partial charge in [0.1, 0.15) is 17.6 Å². The van der Waals surface area contributed by atoms with Crippen molar-refractivity contribution in [3.63, 3.8) is 0 Å². The van der Waals surface area contributed by atoms with Crippen molar-refractivity contribution in [2.75, 3.05) is 259 Å². The van der Waals surface area contributed by atoms with Crippen LogP contribution in [0.2, 0.25) is 0 Å². The van der Waals surface area contributed by atoms with Crippen molar-refractivity contribution < 1.29 is 124 Å². The van der Waals surface area contributed by atoms with Gasteiger partial charge in [-0.3, -0.25) is 43.2 Å². The van der Waals surface area contributed by atoms with Crippen LogP contribution in [0.4, 0.5) is 0 Å². The molecular weight excluding hydrogens is 1510 g/mol. The van der Waals surface area contributed by atoms with Gasteiger partial charge in [0.15, 0.2) is 2.74 Å². The van der Waals surface area contributed by atoms with Crippen LogP contribution in [0.5, 0.6) is 0 Å². The number of nitrogens with zero attached hydrogens (tertiary/aromatic N) is 2. The molecule has 0 unspecified atom stereocenters. The van der Waals surface area contributed by atoms with Gasteiger partial charge >= 0.3 is 5.97 Å². The van der Waals surface area contributed by atoms with Gasteiger partial charge in [-0.1, -0.05) is 49.6 Å². The second kappa shape index (κ2) is 70.0. The number of ketones is 2. The molecule has 106 heavy (non-hydrogen) atoms. The molecule has 0 bridgehead atoms. The summed E-state index contributed by atoms with van der Waals surface area (Å²) in [5.41, 5.74) is 0. The number of aliphatic carboxylic acids is 1. The van der Waals surface area contributed by atoms with Gasteiger partial charge in [-0.2, -0.15) is 0 Å². The molecule has 2 saturated heterocycles. The molecule has 616 valence electrons. The molecule has 2 heterocycles.